The van der Waals surface area contributed by atoms with Crippen molar-refractivity contribution in [2.45, 2.75) is 26.7 Å². The molecule has 0 unspecified atom stereocenters. The predicted octanol–water partition coefficient (Wildman–Crippen LogP) is 3.03. The molecule has 22 heavy (non-hydrogen) atoms. The number of hydrogen-bond donors (Lipinski definition) is 0. The Labute approximate surface area is 130 Å². The molecule has 0 bridgehead atoms. The fourth-order valence-corrected chi connectivity index (χ4v) is 4.49. The van der Waals surface area contributed by atoms with E-state index in [1.807, 2.05) is 4.90 Å². The molecule has 1 saturated heterocycles. The van der Waals surface area contributed by atoms with Crippen molar-refractivity contribution in [2.24, 2.45) is 10.3 Å². The van der Waals surface area contributed by atoms with Crippen LogP contribution in [0.4, 0.5) is 4.39 Å². The van der Waals surface area contributed by atoms with Gasteiger partial charge in [-0.2, -0.15) is 8.42 Å². The van der Waals surface area contributed by atoms with Gasteiger partial charge >= 0.3 is 0 Å². The summed E-state index contributed by atoms with van der Waals surface area (Å²) in [5.74, 6) is 0.825. The molecule has 0 spiro atoms. The van der Waals surface area contributed by atoms with E-state index in [0.717, 1.165) is 25.9 Å². The Kier molecular flexibility index (Phi) is 3.80. The molecule has 0 N–H and O–H groups in total. The first kappa shape index (κ1) is 15.2. The van der Waals surface area contributed by atoms with Crippen LogP contribution in [0.5, 0.6) is 0 Å². The second kappa shape index (κ2) is 5.50. The van der Waals surface area contributed by atoms with Crippen molar-refractivity contribution in [3.8, 4) is 0 Å². The zero-order valence-electron chi connectivity index (χ0n) is 12.7. The van der Waals surface area contributed by atoms with E-state index in [-0.39, 0.29) is 10.7 Å². The van der Waals surface area contributed by atoms with Gasteiger partial charge in [0.05, 0.1) is 0 Å². The Morgan fingerprint density at radius 1 is 1.18 bits per heavy atom. The first-order chi connectivity index (χ1) is 10.4. The molecular weight excluding hydrogens is 303 g/mol. The van der Waals surface area contributed by atoms with Crippen LogP contribution >= 0.6 is 0 Å². The molecule has 3 rings (SSSR count). The molecule has 2 aliphatic heterocycles. The second-order valence-electron chi connectivity index (χ2n) is 6.02. The summed E-state index contributed by atoms with van der Waals surface area (Å²) >= 11 is 0. The van der Waals surface area contributed by atoms with Gasteiger partial charge in [0.2, 0.25) is 0 Å². The molecule has 1 aromatic rings. The first-order valence-corrected chi connectivity index (χ1v) is 8.89. The molecule has 6 heteroatoms. The molecular formula is C16H19FN2O2S. The molecule has 1 fully saturated rings. The highest BCUT2D eigenvalue weighted by molar-refractivity contribution is 8.00. The van der Waals surface area contributed by atoms with Crippen LogP contribution in [-0.4, -0.2) is 32.2 Å². The van der Waals surface area contributed by atoms with Gasteiger partial charge in [-0.15, -0.1) is 4.40 Å². The highest BCUT2D eigenvalue weighted by atomic mass is 32.2. The summed E-state index contributed by atoms with van der Waals surface area (Å²) in [5.41, 5.74) is 1.14. The number of benzene rings is 1. The molecule has 0 saturated carbocycles. The van der Waals surface area contributed by atoms with Gasteiger partial charge in [0.15, 0.2) is 0 Å². The van der Waals surface area contributed by atoms with Crippen LogP contribution in [0, 0.1) is 11.7 Å². The third-order valence-electron chi connectivity index (χ3n) is 4.33. The topological polar surface area (TPSA) is 49.7 Å². The Morgan fingerprint density at radius 3 is 2.36 bits per heavy atom. The minimum absolute atomic E-state index is 0.195. The van der Waals surface area contributed by atoms with E-state index in [0.29, 0.717) is 22.9 Å². The SMILES string of the molecule is CC1=C(c2ccc(F)cc2)S(=O)(=O)N=C1N1CCC(C)CC1. The number of amidine groups is 1. The highest BCUT2D eigenvalue weighted by Crippen LogP contribution is 2.34. The maximum atomic E-state index is 13.1. The van der Waals surface area contributed by atoms with Gasteiger partial charge in [-0.25, -0.2) is 4.39 Å². The van der Waals surface area contributed by atoms with Crippen molar-refractivity contribution in [1.82, 2.24) is 4.90 Å². The summed E-state index contributed by atoms with van der Waals surface area (Å²) in [4.78, 5) is 2.24. The lowest BCUT2D eigenvalue weighted by molar-refractivity contribution is 0.281. The molecule has 0 atom stereocenters. The standard InChI is InChI=1S/C16H19FN2O2S/c1-11-7-9-19(10-8-11)16-12(2)15(22(20,21)18-16)13-3-5-14(17)6-4-13/h3-6,11H,7-10H2,1-2H3. The zero-order chi connectivity index (χ0) is 15.9. The van der Waals surface area contributed by atoms with E-state index >= 15 is 0 Å². The number of rotatable bonds is 1. The molecule has 0 amide bonds. The number of halogens is 1. The van der Waals surface area contributed by atoms with E-state index < -0.39 is 10.0 Å². The van der Waals surface area contributed by atoms with Gasteiger partial charge < -0.3 is 4.90 Å². The molecule has 0 aromatic heterocycles. The summed E-state index contributed by atoms with van der Waals surface area (Å²) in [7, 11) is -3.71. The average molecular weight is 322 g/mol. The summed E-state index contributed by atoms with van der Waals surface area (Å²) in [6, 6.07) is 5.52. The van der Waals surface area contributed by atoms with E-state index in [1.54, 1.807) is 6.92 Å². The molecule has 4 nitrogen and oxygen atoms in total. The van der Waals surface area contributed by atoms with Crippen molar-refractivity contribution in [2.75, 3.05) is 13.1 Å². The number of piperidine rings is 1. The number of likely N-dealkylation sites (tertiary alicyclic amines) is 1. The van der Waals surface area contributed by atoms with Crippen molar-refractivity contribution in [3.05, 3.63) is 41.2 Å². The summed E-state index contributed by atoms with van der Waals surface area (Å²) in [5, 5.41) is 0. The van der Waals surface area contributed by atoms with Crippen LogP contribution in [0.25, 0.3) is 4.91 Å². The van der Waals surface area contributed by atoms with Crippen LogP contribution in [-0.2, 0) is 10.0 Å². The van der Waals surface area contributed by atoms with Gasteiger partial charge in [-0.05, 0) is 43.4 Å². The molecule has 0 aliphatic carbocycles. The maximum absolute atomic E-state index is 13.1. The van der Waals surface area contributed by atoms with Gasteiger partial charge in [0, 0.05) is 18.7 Å². The summed E-state index contributed by atoms with van der Waals surface area (Å²) < 4.78 is 41.9. The fourth-order valence-electron chi connectivity index (χ4n) is 3.00. The molecule has 2 aliphatic rings. The van der Waals surface area contributed by atoms with Crippen molar-refractivity contribution in [3.63, 3.8) is 0 Å². The van der Waals surface area contributed by atoms with E-state index in [9.17, 15) is 12.8 Å². The molecule has 1 aromatic carbocycles. The van der Waals surface area contributed by atoms with Gasteiger partial charge in [0.25, 0.3) is 10.0 Å². The Bertz CT molecular complexity index is 743. The van der Waals surface area contributed by atoms with Crippen LogP contribution in [0.2, 0.25) is 0 Å². The Hall–Kier alpha value is -1.69. The lowest BCUT2D eigenvalue weighted by Crippen LogP contribution is -2.37. The lowest BCUT2D eigenvalue weighted by Gasteiger charge is -2.31. The lowest BCUT2D eigenvalue weighted by atomic mass is 9.98. The average Bonchev–Trinajstić information content (AvgIpc) is 2.71. The van der Waals surface area contributed by atoms with E-state index in [2.05, 4.69) is 11.3 Å². The summed E-state index contributed by atoms with van der Waals surface area (Å²) in [6.45, 7) is 5.63. The number of sulfonamides is 1. The van der Waals surface area contributed by atoms with Gasteiger partial charge in [-0.3, -0.25) is 0 Å². The Morgan fingerprint density at radius 2 is 1.77 bits per heavy atom. The van der Waals surface area contributed by atoms with E-state index in [4.69, 9.17) is 0 Å². The van der Waals surface area contributed by atoms with E-state index in [1.165, 1.54) is 24.3 Å². The van der Waals surface area contributed by atoms with Crippen molar-refractivity contribution >= 4 is 20.8 Å². The van der Waals surface area contributed by atoms with Crippen LogP contribution < -0.4 is 0 Å². The maximum Gasteiger partial charge on any atom is 0.285 e. The zero-order valence-corrected chi connectivity index (χ0v) is 13.5. The van der Waals surface area contributed by atoms with Crippen molar-refractivity contribution < 1.29 is 12.8 Å². The number of nitrogens with zero attached hydrogens (tertiary/aromatic N) is 2. The third kappa shape index (κ3) is 2.67. The fraction of sp³-hybridized carbons (Fsp3) is 0.438. The first-order valence-electron chi connectivity index (χ1n) is 7.45. The largest absolute Gasteiger partial charge is 0.356 e. The molecule has 2 heterocycles. The minimum Gasteiger partial charge on any atom is -0.356 e. The monoisotopic (exact) mass is 322 g/mol. The van der Waals surface area contributed by atoms with Gasteiger partial charge in [0.1, 0.15) is 16.6 Å². The highest BCUT2D eigenvalue weighted by Gasteiger charge is 2.34. The third-order valence-corrected chi connectivity index (χ3v) is 5.80. The van der Waals surface area contributed by atoms with Crippen LogP contribution in [0.15, 0.2) is 34.2 Å². The number of hydrogen-bond acceptors (Lipinski definition) is 3. The smallest absolute Gasteiger partial charge is 0.285 e. The second-order valence-corrected chi connectivity index (χ2v) is 7.56. The van der Waals surface area contributed by atoms with Gasteiger partial charge in [-0.1, -0.05) is 19.1 Å². The molecule has 0 radical (unpaired) electrons. The van der Waals surface area contributed by atoms with Crippen LogP contribution in [0.3, 0.4) is 0 Å². The predicted molar refractivity (Wildman–Crippen MR) is 85.3 cm³/mol. The Balaban J connectivity index is 1.99. The minimum atomic E-state index is -3.71. The quantitative estimate of drug-likeness (QED) is 0.798. The normalized spacial score (nSPS) is 22.1. The molecule has 118 valence electrons. The van der Waals surface area contributed by atoms with Crippen molar-refractivity contribution in [1.29, 1.82) is 0 Å². The summed E-state index contributed by atoms with van der Waals surface area (Å²) in [6.07, 6.45) is 2.08. The van der Waals surface area contributed by atoms with Crippen LogP contribution in [0.1, 0.15) is 32.3 Å².